The van der Waals surface area contributed by atoms with Crippen LogP contribution in [0.1, 0.15) is 57.1 Å². The number of fused-ring (bicyclic) bond motifs is 2. The average Bonchev–Trinajstić information content (AvgIpc) is 3.52. The molecule has 1 atom stereocenters. The van der Waals surface area contributed by atoms with E-state index in [0.717, 1.165) is 73.0 Å². The largest absolute Gasteiger partial charge is 0.436 e. The van der Waals surface area contributed by atoms with Crippen LogP contribution in [-0.4, -0.2) is 112 Å². The number of amides is 4. The lowest BCUT2D eigenvalue weighted by atomic mass is 9.92. The summed E-state index contributed by atoms with van der Waals surface area (Å²) >= 11 is 6.54. The molecule has 0 bridgehead atoms. The highest BCUT2D eigenvalue weighted by Gasteiger charge is 2.35. The van der Waals surface area contributed by atoms with Crippen molar-refractivity contribution in [3.63, 3.8) is 0 Å². The number of anilines is 1. The SMILES string of the molecule is CCN(CC)CCC1CCN(C(=O)[C@@H](Cc2cc(Cl)c3[nH]ncc3c2)OC(=O)N2CCC(N3CCc4ccccc4NC3=O)CC2)CC1. The molecule has 12 heteroatoms. The predicted molar refractivity (Wildman–Crippen MR) is 187 cm³/mol. The fourth-order valence-electron chi connectivity index (χ4n) is 7.43. The van der Waals surface area contributed by atoms with E-state index in [2.05, 4.69) is 34.3 Å². The third-order valence-corrected chi connectivity index (χ3v) is 10.8. The van der Waals surface area contributed by atoms with Crippen molar-refractivity contribution < 1.29 is 19.1 Å². The minimum absolute atomic E-state index is 0.0210. The quantitative estimate of drug-likeness (QED) is 0.281. The summed E-state index contributed by atoms with van der Waals surface area (Å²) < 4.78 is 6.07. The van der Waals surface area contributed by atoms with Gasteiger partial charge in [0.2, 0.25) is 0 Å². The number of urea groups is 1. The molecule has 2 aromatic carbocycles. The minimum Gasteiger partial charge on any atom is -0.436 e. The number of nitrogens with zero attached hydrogens (tertiary/aromatic N) is 5. The number of rotatable bonds is 10. The highest BCUT2D eigenvalue weighted by molar-refractivity contribution is 6.35. The van der Waals surface area contributed by atoms with Gasteiger partial charge in [-0.25, -0.2) is 9.59 Å². The maximum Gasteiger partial charge on any atom is 0.410 e. The lowest BCUT2D eigenvalue weighted by Gasteiger charge is -2.38. The number of nitrogens with one attached hydrogen (secondary N) is 2. The van der Waals surface area contributed by atoms with Gasteiger partial charge in [-0.05, 0) is 93.4 Å². The van der Waals surface area contributed by atoms with Gasteiger partial charge in [-0.1, -0.05) is 43.6 Å². The van der Waals surface area contributed by atoms with E-state index >= 15 is 0 Å². The van der Waals surface area contributed by atoms with Gasteiger partial charge in [-0.3, -0.25) is 9.89 Å². The number of piperidine rings is 2. The third-order valence-electron chi connectivity index (χ3n) is 10.5. The van der Waals surface area contributed by atoms with Crippen molar-refractivity contribution in [3.05, 3.63) is 58.7 Å². The van der Waals surface area contributed by atoms with Crippen LogP contribution >= 0.6 is 11.6 Å². The van der Waals surface area contributed by atoms with E-state index in [1.807, 2.05) is 46.2 Å². The molecular weight excluding hydrogens is 630 g/mol. The highest BCUT2D eigenvalue weighted by Crippen LogP contribution is 2.28. The molecule has 48 heavy (non-hydrogen) atoms. The van der Waals surface area contributed by atoms with Crippen LogP contribution in [0.25, 0.3) is 10.9 Å². The maximum atomic E-state index is 14.0. The van der Waals surface area contributed by atoms with Crippen molar-refractivity contribution in [1.82, 2.24) is 29.8 Å². The Labute approximate surface area is 287 Å². The van der Waals surface area contributed by atoms with Crippen LogP contribution in [0.15, 0.2) is 42.6 Å². The van der Waals surface area contributed by atoms with E-state index in [-0.39, 0.29) is 24.4 Å². The second kappa shape index (κ2) is 15.6. The van der Waals surface area contributed by atoms with Crippen molar-refractivity contribution in [3.8, 4) is 0 Å². The summed E-state index contributed by atoms with van der Waals surface area (Å²) in [6.45, 7) is 10.4. The zero-order valence-corrected chi connectivity index (χ0v) is 28.9. The summed E-state index contributed by atoms with van der Waals surface area (Å²) in [5, 5.41) is 11.4. The fraction of sp³-hybridized carbons (Fsp3) is 0.556. The number of hydrogen-bond donors (Lipinski definition) is 2. The van der Waals surface area contributed by atoms with Crippen molar-refractivity contribution >= 4 is 46.2 Å². The molecule has 4 heterocycles. The highest BCUT2D eigenvalue weighted by atomic mass is 35.5. The Morgan fingerprint density at radius 2 is 1.75 bits per heavy atom. The number of H-pyrrole nitrogens is 1. The molecule has 0 saturated carbocycles. The zero-order chi connectivity index (χ0) is 33.6. The van der Waals surface area contributed by atoms with E-state index in [4.69, 9.17) is 16.3 Å². The average molecular weight is 678 g/mol. The van der Waals surface area contributed by atoms with E-state index in [1.54, 1.807) is 11.1 Å². The molecule has 0 radical (unpaired) electrons. The van der Waals surface area contributed by atoms with Crippen molar-refractivity contribution in [1.29, 1.82) is 0 Å². The molecule has 2 saturated heterocycles. The monoisotopic (exact) mass is 677 g/mol. The lowest BCUT2D eigenvalue weighted by molar-refractivity contribution is -0.142. The smallest absolute Gasteiger partial charge is 0.410 e. The van der Waals surface area contributed by atoms with Gasteiger partial charge in [0.15, 0.2) is 6.10 Å². The maximum absolute atomic E-state index is 14.0. The molecule has 6 rings (SSSR count). The van der Waals surface area contributed by atoms with Crippen LogP contribution in [0.3, 0.4) is 0 Å². The fourth-order valence-corrected chi connectivity index (χ4v) is 7.72. The predicted octanol–water partition coefficient (Wildman–Crippen LogP) is 5.79. The van der Waals surface area contributed by atoms with Gasteiger partial charge in [0.1, 0.15) is 0 Å². The third kappa shape index (κ3) is 7.89. The van der Waals surface area contributed by atoms with Crippen LogP contribution in [-0.2, 0) is 22.4 Å². The summed E-state index contributed by atoms with van der Waals surface area (Å²) in [5.41, 5.74) is 3.53. The van der Waals surface area contributed by atoms with Crippen molar-refractivity contribution in [2.24, 2.45) is 5.92 Å². The normalized spacial score (nSPS) is 18.5. The summed E-state index contributed by atoms with van der Waals surface area (Å²) in [4.78, 5) is 48.6. The van der Waals surface area contributed by atoms with Gasteiger partial charge in [-0.15, -0.1) is 0 Å². The van der Waals surface area contributed by atoms with E-state index in [1.165, 1.54) is 0 Å². The number of benzene rings is 2. The first-order valence-corrected chi connectivity index (χ1v) is 17.9. The first-order valence-electron chi connectivity index (χ1n) is 17.6. The standard InChI is InChI=1S/C36H48ClN7O4/c1-3-41(4-2)15-9-25-10-16-42(17-11-25)34(45)32(23-26-21-28-24-38-40-33(28)30(37)22-26)48-36(47)43-18-13-29(14-19-43)44-20-12-27-7-5-6-8-31(27)39-35(44)46/h5-8,21-22,24-25,29,32H,3-4,9-20,23H2,1-2H3,(H,38,40)(H,39,46)/t32-/m1/s1. The number of aromatic nitrogens is 2. The van der Waals surface area contributed by atoms with Gasteiger partial charge < -0.3 is 29.7 Å². The summed E-state index contributed by atoms with van der Waals surface area (Å²) in [5.74, 6) is 0.421. The Morgan fingerprint density at radius 1 is 1.02 bits per heavy atom. The molecule has 3 aliphatic rings. The summed E-state index contributed by atoms with van der Waals surface area (Å²) in [7, 11) is 0. The second-order valence-electron chi connectivity index (χ2n) is 13.3. The number of carbonyl (C=O) groups excluding carboxylic acids is 3. The molecule has 11 nitrogen and oxygen atoms in total. The Bertz CT molecular complexity index is 1580. The molecule has 0 aliphatic carbocycles. The van der Waals surface area contributed by atoms with Gasteiger partial charge in [0.05, 0.1) is 16.7 Å². The first-order chi connectivity index (χ1) is 23.3. The number of para-hydroxylation sites is 1. The van der Waals surface area contributed by atoms with E-state index in [0.29, 0.717) is 56.5 Å². The van der Waals surface area contributed by atoms with Crippen LogP contribution < -0.4 is 5.32 Å². The molecule has 4 amide bonds. The Balaban J connectivity index is 1.09. The lowest BCUT2D eigenvalue weighted by Crippen LogP contribution is -2.51. The molecule has 3 aliphatic heterocycles. The van der Waals surface area contributed by atoms with Gasteiger partial charge in [0.25, 0.3) is 5.91 Å². The van der Waals surface area contributed by atoms with Crippen LogP contribution in [0.2, 0.25) is 5.02 Å². The molecule has 2 fully saturated rings. The topological polar surface area (TPSA) is 114 Å². The Kier molecular flexibility index (Phi) is 11.1. The van der Waals surface area contributed by atoms with Gasteiger partial charge >= 0.3 is 12.1 Å². The van der Waals surface area contributed by atoms with E-state index in [9.17, 15) is 14.4 Å². The Morgan fingerprint density at radius 3 is 2.50 bits per heavy atom. The zero-order valence-electron chi connectivity index (χ0n) is 28.1. The Hall–Kier alpha value is -3.83. The number of hydrogen-bond acceptors (Lipinski definition) is 6. The number of likely N-dealkylation sites (tertiary alicyclic amines) is 2. The first kappa shape index (κ1) is 34.0. The van der Waals surface area contributed by atoms with Gasteiger partial charge in [0, 0.05) is 56.3 Å². The number of ether oxygens (including phenoxy) is 1. The minimum atomic E-state index is -0.974. The molecular formula is C36H48ClN7O4. The van der Waals surface area contributed by atoms with E-state index < -0.39 is 12.2 Å². The number of halogens is 1. The van der Waals surface area contributed by atoms with Gasteiger partial charge in [-0.2, -0.15) is 5.10 Å². The van der Waals surface area contributed by atoms with Crippen LogP contribution in [0, 0.1) is 5.92 Å². The molecule has 1 aromatic heterocycles. The molecule has 0 unspecified atom stereocenters. The summed E-state index contributed by atoms with van der Waals surface area (Å²) in [6.07, 6.45) is 5.54. The van der Waals surface area contributed by atoms with Crippen LogP contribution in [0.5, 0.6) is 0 Å². The van der Waals surface area contributed by atoms with Crippen molar-refractivity contribution in [2.75, 3.05) is 57.7 Å². The number of aromatic amines is 1. The van der Waals surface area contributed by atoms with Crippen molar-refractivity contribution in [2.45, 2.75) is 70.9 Å². The molecule has 2 N–H and O–H groups in total. The number of carbonyl (C=O) groups is 3. The molecule has 3 aromatic rings. The molecule has 258 valence electrons. The van der Waals surface area contributed by atoms with Crippen LogP contribution in [0.4, 0.5) is 15.3 Å². The second-order valence-corrected chi connectivity index (χ2v) is 13.7. The molecule has 0 spiro atoms. The summed E-state index contributed by atoms with van der Waals surface area (Å²) in [6, 6.07) is 11.6.